The van der Waals surface area contributed by atoms with E-state index in [1.54, 1.807) is 0 Å². The van der Waals surface area contributed by atoms with Crippen molar-refractivity contribution in [2.75, 3.05) is 5.32 Å². The second-order valence-corrected chi connectivity index (χ2v) is 6.74. The summed E-state index contributed by atoms with van der Waals surface area (Å²) in [6.45, 7) is 4.91. The molecule has 0 atom stereocenters. The molecule has 0 heterocycles. The second-order valence-electron chi connectivity index (χ2n) is 4.50. The molecule has 0 aliphatic heterocycles. The predicted molar refractivity (Wildman–Crippen MR) is 90.1 cm³/mol. The van der Waals surface area contributed by atoms with E-state index in [0.717, 1.165) is 19.5 Å². The van der Waals surface area contributed by atoms with Gasteiger partial charge in [-0.1, -0.05) is 43.5 Å². The molecule has 0 aliphatic rings. The highest BCUT2D eigenvalue weighted by Crippen LogP contribution is 2.27. The van der Waals surface area contributed by atoms with Crippen LogP contribution in [0.3, 0.4) is 0 Å². The van der Waals surface area contributed by atoms with E-state index in [2.05, 4.69) is 63.2 Å². The Kier molecular flexibility index (Phi) is 4.93. The summed E-state index contributed by atoms with van der Waals surface area (Å²) in [5.41, 5.74) is 4.69. The zero-order valence-corrected chi connectivity index (χ0v) is 14.7. The van der Waals surface area contributed by atoms with Crippen LogP contribution in [0.1, 0.15) is 16.7 Å². The molecule has 0 fully saturated rings. The van der Waals surface area contributed by atoms with Crippen molar-refractivity contribution in [2.24, 2.45) is 0 Å². The van der Waals surface area contributed by atoms with Gasteiger partial charge in [0.2, 0.25) is 0 Å². The van der Waals surface area contributed by atoms with Gasteiger partial charge in [0.05, 0.1) is 0 Å². The van der Waals surface area contributed by atoms with Gasteiger partial charge < -0.3 is 5.32 Å². The lowest BCUT2D eigenvalue weighted by Gasteiger charge is -2.14. The Hall–Kier alpha value is -0.510. The van der Waals surface area contributed by atoms with Crippen molar-refractivity contribution in [1.82, 2.24) is 0 Å². The van der Waals surface area contributed by atoms with Gasteiger partial charge >= 0.3 is 0 Å². The van der Waals surface area contributed by atoms with Crippen molar-refractivity contribution < 1.29 is 0 Å². The first-order valence-electron chi connectivity index (χ1n) is 5.92. The maximum Gasteiger partial charge on any atom is 0.0456 e. The van der Waals surface area contributed by atoms with Crippen LogP contribution in [-0.4, -0.2) is 0 Å². The van der Waals surface area contributed by atoms with E-state index in [1.807, 2.05) is 18.2 Å². The maximum absolute atomic E-state index is 6.20. The topological polar surface area (TPSA) is 12.0 Å². The fourth-order valence-electron chi connectivity index (χ4n) is 2.05. The number of hydrogen-bond acceptors (Lipinski definition) is 1. The standard InChI is InChI=1S/C15H14Br2ClN/c1-9-5-13(17)6-10(2)15(9)19-8-11-7-12(16)3-4-14(11)18/h3-7,19H,8H2,1-2H3. The Morgan fingerprint density at radius 2 is 1.63 bits per heavy atom. The maximum atomic E-state index is 6.20. The first-order valence-corrected chi connectivity index (χ1v) is 7.88. The van der Waals surface area contributed by atoms with Crippen LogP contribution in [0.15, 0.2) is 39.3 Å². The summed E-state index contributed by atoms with van der Waals surface area (Å²) >= 11 is 13.2. The monoisotopic (exact) mass is 401 g/mol. The summed E-state index contributed by atoms with van der Waals surface area (Å²) in [6.07, 6.45) is 0. The lowest BCUT2D eigenvalue weighted by Crippen LogP contribution is -2.03. The molecule has 0 aromatic heterocycles. The van der Waals surface area contributed by atoms with Gasteiger partial charge in [-0.3, -0.25) is 0 Å². The lowest BCUT2D eigenvalue weighted by atomic mass is 10.1. The average Bonchev–Trinajstić information content (AvgIpc) is 2.32. The molecule has 100 valence electrons. The summed E-state index contributed by atoms with van der Waals surface area (Å²) in [5, 5.41) is 4.25. The van der Waals surface area contributed by atoms with Crippen LogP contribution < -0.4 is 5.32 Å². The second kappa shape index (κ2) is 6.29. The van der Waals surface area contributed by atoms with Gasteiger partial charge in [0.1, 0.15) is 0 Å². The molecule has 0 radical (unpaired) electrons. The van der Waals surface area contributed by atoms with E-state index in [9.17, 15) is 0 Å². The average molecular weight is 404 g/mol. The van der Waals surface area contributed by atoms with Crippen LogP contribution in [0.4, 0.5) is 5.69 Å². The van der Waals surface area contributed by atoms with Crippen molar-refractivity contribution >= 4 is 49.1 Å². The number of nitrogens with one attached hydrogen (secondary N) is 1. The first kappa shape index (κ1) is 14.9. The minimum atomic E-state index is 0.710. The molecule has 19 heavy (non-hydrogen) atoms. The molecule has 0 bridgehead atoms. The van der Waals surface area contributed by atoms with Crippen LogP contribution in [0, 0.1) is 13.8 Å². The lowest BCUT2D eigenvalue weighted by molar-refractivity contribution is 1.13. The number of halogens is 3. The van der Waals surface area contributed by atoms with Gasteiger partial charge in [-0.2, -0.15) is 0 Å². The summed E-state index contributed by atoms with van der Waals surface area (Å²) < 4.78 is 2.14. The Morgan fingerprint density at radius 1 is 1.00 bits per heavy atom. The normalized spacial score (nSPS) is 10.6. The zero-order chi connectivity index (χ0) is 14.0. The SMILES string of the molecule is Cc1cc(Br)cc(C)c1NCc1cc(Br)ccc1Cl. The largest absolute Gasteiger partial charge is 0.380 e. The fourth-order valence-corrected chi connectivity index (χ4v) is 3.33. The number of anilines is 1. The van der Waals surface area contributed by atoms with Gasteiger partial charge in [-0.05, 0) is 60.9 Å². The number of rotatable bonds is 3. The van der Waals surface area contributed by atoms with Crippen LogP contribution in [0.2, 0.25) is 5.02 Å². The number of hydrogen-bond donors (Lipinski definition) is 1. The minimum absolute atomic E-state index is 0.710. The summed E-state index contributed by atoms with van der Waals surface area (Å²) in [7, 11) is 0. The van der Waals surface area contributed by atoms with Gasteiger partial charge in [0, 0.05) is 26.2 Å². The molecule has 2 aromatic rings. The molecule has 1 nitrogen and oxygen atoms in total. The third kappa shape index (κ3) is 3.74. The molecular weight excluding hydrogens is 389 g/mol. The van der Waals surface area contributed by atoms with E-state index < -0.39 is 0 Å². The van der Waals surface area contributed by atoms with Crippen LogP contribution in [0.25, 0.3) is 0 Å². The highest BCUT2D eigenvalue weighted by atomic mass is 79.9. The smallest absolute Gasteiger partial charge is 0.0456 e. The van der Waals surface area contributed by atoms with Crippen molar-refractivity contribution in [1.29, 1.82) is 0 Å². The molecule has 0 amide bonds. The van der Waals surface area contributed by atoms with Gasteiger partial charge in [-0.25, -0.2) is 0 Å². The Labute approximate surface area is 135 Å². The molecule has 0 saturated carbocycles. The number of benzene rings is 2. The molecule has 0 aliphatic carbocycles. The van der Waals surface area contributed by atoms with Crippen molar-refractivity contribution in [3.05, 3.63) is 61.0 Å². The molecule has 2 aromatic carbocycles. The van der Waals surface area contributed by atoms with Crippen LogP contribution in [0.5, 0.6) is 0 Å². The van der Waals surface area contributed by atoms with Gasteiger partial charge in [0.15, 0.2) is 0 Å². The van der Waals surface area contributed by atoms with Gasteiger partial charge in [0.25, 0.3) is 0 Å². The molecular formula is C15H14Br2ClN. The Balaban J connectivity index is 2.21. The van der Waals surface area contributed by atoms with Crippen molar-refractivity contribution in [3.8, 4) is 0 Å². The minimum Gasteiger partial charge on any atom is -0.380 e. The summed E-state index contributed by atoms with van der Waals surface area (Å²) in [4.78, 5) is 0. The van der Waals surface area contributed by atoms with Crippen molar-refractivity contribution in [2.45, 2.75) is 20.4 Å². The third-order valence-corrected chi connectivity index (χ3v) is 4.28. The molecule has 2 rings (SSSR count). The molecule has 0 unspecified atom stereocenters. The summed E-state index contributed by atoms with van der Waals surface area (Å²) in [6, 6.07) is 10.1. The zero-order valence-electron chi connectivity index (χ0n) is 10.7. The molecule has 4 heteroatoms. The third-order valence-electron chi connectivity index (χ3n) is 2.96. The fraction of sp³-hybridized carbons (Fsp3) is 0.200. The van der Waals surface area contributed by atoms with Gasteiger partial charge in [-0.15, -0.1) is 0 Å². The Morgan fingerprint density at radius 3 is 2.26 bits per heavy atom. The van der Waals surface area contributed by atoms with E-state index in [-0.39, 0.29) is 0 Å². The quantitative estimate of drug-likeness (QED) is 0.653. The van der Waals surface area contributed by atoms with E-state index in [4.69, 9.17) is 11.6 Å². The van der Waals surface area contributed by atoms with E-state index >= 15 is 0 Å². The number of aryl methyl sites for hydroxylation is 2. The van der Waals surface area contributed by atoms with Crippen LogP contribution >= 0.6 is 43.5 Å². The van der Waals surface area contributed by atoms with Crippen LogP contribution in [-0.2, 0) is 6.54 Å². The molecule has 0 saturated heterocycles. The first-order chi connectivity index (χ1) is 8.97. The highest BCUT2D eigenvalue weighted by Gasteiger charge is 2.06. The Bertz CT molecular complexity index is 588. The predicted octanol–water partition coefficient (Wildman–Crippen LogP) is 6.09. The molecule has 0 spiro atoms. The van der Waals surface area contributed by atoms with E-state index in [1.165, 1.54) is 16.8 Å². The molecule has 1 N–H and O–H groups in total. The van der Waals surface area contributed by atoms with Crippen molar-refractivity contribution in [3.63, 3.8) is 0 Å². The van der Waals surface area contributed by atoms with E-state index in [0.29, 0.717) is 6.54 Å². The summed E-state index contributed by atoms with van der Waals surface area (Å²) in [5.74, 6) is 0. The highest BCUT2D eigenvalue weighted by molar-refractivity contribution is 9.10.